The van der Waals surface area contributed by atoms with E-state index in [9.17, 15) is 4.79 Å². The highest BCUT2D eigenvalue weighted by atomic mass is 16.5. The van der Waals surface area contributed by atoms with Crippen molar-refractivity contribution in [1.29, 1.82) is 0 Å². The van der Waals surface area contributed by atoms with E-state index in [0.29, 0.717) is 17.5 Å². The van der Waals surface area contributed by atoms with Gasteiger partial charge in [-0.15, -0.1) is 10.2 Å². The van der Waals surface area contributed by atoms with E-state index in [-0.39, 0.29) is 6.42 Å². The summed E-state index contributed by atoms with van der Waals surface area (Å²) >= 11 is 0. The molecular formula is C13H14N2O4. The Bertz CT molecular complexity index is 562. The number of carboxylic acids is 1. The minimum atomic E-state index is -0.920. The van der Waals surface area contributed by atoms with Gasteiger partial charge in [-0.05, 0) is 17.7 Å². The summed E-state index contributed by atoms with van der Waals surface area (Å²) in [6.07, 6.45) is -0.103. The zero-order valence-electron chi connectivity index (χ0n) is 10.7. The van der Waals surface area contributed by atoms with Crippen LogP contribution in [0.1, 0.15) is 29.7 Å². The summed E-state index contributed by atoms with van der Waals surface area (Å²) in [5.74, 6) is 0.0600. The van der Waals surface area contributed by atoms with Gasteiger partial charge in [0.05, 0.1) is 19.4 Å². The van der Waals surface area contributed by atoms with Crippen LogP contribution in [-0.2, 0) is 4.79 Å². The van der Waals surface area contributed by atoms with Crippen LogP contribution in [0.3, 0.4) is 0 Å². The van der Waals surface area contributed by atoms with E-state index in [4.69, 9.17) is 14.3 Å². The van der Waals surface area contributed by atoms with Crippen LogP contribution in [0.25, 0.3) is 0 Å². The van der Waals surface area contributed by atoms with Gasteiger partial charge >= 0.3 is 5.97 Å². The minimum Gasteiger partial charge on any atom is -0.497 e. The highest BCUT2D eigenvalue weighted by Gasteiger charge is 2.23. The Morgan fingerprint density at radius 1 is 1.37 bits per heavy atom. The molecule has 0 aliphatic carbocycles. The molecule has 1 N–H and O–H groups in total. The monoisotopic (exact) mass is 262 g/mol. The predicted octanol–water partition coefficient (Wildman–Crippen LogP) is 1.99. The number of hydrogen-bond donors (Lipinski definition) is 1. The Morgan fingerprint density at radius 3 is 2.53 bits per heavy atom. The molecule has 0 spiro atoms. The number of hydrogen-bond acceptors (Lipinski definition) is 5. The summed E-state index contributed by atoms with van der Waals surface area (Å²) in [7, 11) is 1.57. The smallest absolute Gasteiger partial charge is 0.304 e. The molecule has 2 aromatic rings. The van der Waals surface area contributed by atoms with Crippen molar-refractivity contribution in [3.63, 3.8) is 0 Å². The number of methoxy groups -OCH3 is 1. The molecule has 1 unspecified atom stereocenters. The number of rotatable bonds is 5. The number of ether oxygens (including phenoxy) is 1. The van der Waals surface area contributed by atoms with Crippen LogP contribution in [0.5, 0.6) is 5.75 Å². The summed E-state index contributed by atoms with van der Waals surface area (Å²) in [5.41, 5.74) is 0.798. The molecule has 0 aliphatic rings. The second kappa shape index (κ2) is 5.51. The highest BCUT2D eigenvalue weighted by molar-refractivity contribution is 5.68. The van der Waals surface area contributed by atoms with E-state index in [1.54, 1.807) is 38.3 Å². The number of carbonyl (C=O) groups is 1. The Kier molecular flexibility index (Phi) is 3.79. The van der Waals surface area contributed by atoms with Gasteiger partial charge in [-0.3, -0.25) is 4.79 Å². The fourth-order valence-corrected chi connectivity index (χ4v) is 1.81. The minimum absolute atomic E-state index is 0.103. The van der Waals surface area contributed by atoms with Crippen LogP contribution in [0.2, 0.25) is 0 Å². The highest BCUT2D eigenvalue weighted by Crippen LogP contribution is 2.28. The van der Waals surface area contributed by atoms with Gasteiger partial charge in [0.15, 0.2) is 0 Å². The first kappa shape index (κ1) is 13.1. The van der Waals surface area contributed by atoms with E-state index in [1.165, 1.54) is 0 Å². The number of benzene rings is 1. The van der Waals surface area contributed by atoms with Crippen molar-refractivity contribution in [2.45, 2.75) is 19.3 Å². The van der Waals surface area contributed by atoms with E-state index in [0.717, 1.165) is 5.56 Å². The molecule has 100 valence electrons. The number of aryl methyl sites for hydroxylation is 1. The molecule has 6 heteroatoms. The lowest BCUT2D eigenvalue weighted by atomic mass is 9.95. The summed E-state index contributed by atoms with van der Waals surface area (Å²) in [6.45, 7) is 1.67. The molecule has 0 saturated heterocycles. The maximum absolute atomic E-state index is 11.0. The maximum Gasteiger partial charge on any atom is 0.304 e. The van der Waals surface area contributed by atoms with Crippen LogP contribution in [0.15, 0.2) is 28.7 Å². The summed E-state index contributed by atoms with van der Waals surface area (Å²) in [6, 6.07) is 7.14. The van der Waals surface area contributed by atoms with Crippen molar-refractivity contribution < 1.29 is 19.1 Å². The van der Waals surface area contributed by atoms with Gasteiger partial charge in [-0.2, -0.15) is 0 Å². The molecule has 0 bridgehead atoms. The molecular weight excluding hydrogens is 248 g/mol. The standard InChI is InChI=1S/C13H14N2O4/c1-8-14-15-13(19-8)11(7-12(16)17)9-3-5-10(18-2)6-4-9/h3-6,11H,7H2,1-2H3,(H,16,17). The van der Waals surface area contributed by atoms with Crippen molar-refractivity contribution in [1.82, 2.24) is 10.2 Å². The number of carboxylic acid groups (broad SMARTS) is 1. The van der Waals surface area contributed by atoms with Gasteiger partial charge in [0.1, 0.15) is 5.75 Å². The van der Waals surface area contributed by atoms with Crippen molar-refractivity contribution >= 4 is 5.97 Å². The molecule has 0 radical (unpaired) electrons. The van der Waals surface area contributed by atoms with Gasteiger partial charge in [0.2, 0.25) is 11.8 Å². The van der Waals surface area contributed by atoms with E-state index in [2.05, 4.69) is 10.2 Å². The van der Waals surface area contributed by atoms with Gasteiger partial charge in [-0.1, -0.05) is 12.1 Å². The van der Waals surface area contributed by atoms with E-state index in [1.807, 2.05) is 0 Å². The van der Waals surface area contributed by atoms with Crippen LogP contribution in [0, 0.1) is 6.92 Å². The average molecular weight is 262 g/mol. The Balaban J connectivity index is 2.33. The maximum atomic E-state index is 11.0. The Hall–Kier alpha value is -2.37. The second-order valence-electron chi connectivity index (χ2n) is 4.08. The fourth-order valence-electron chi connectivity index (χ4n) is 1.81. The molecule has 6 nitrogen and oxygen atoms in total. The van der Waals surface area contributed by atoms with Crippen molar-refractivity contribution in [3.05, 3.63) is 41.6 Å². The Morgan fingerprint density at radius 2 is 2.05 bits per heavy atom. The first-order chi connectivity index (χ1) is 9.10. The van der Waals surface area contributed by atoms with Crippen molar-refractivity contribution in [2.24, 2.45) is 0 Å². The lowest BCUT2D eigenvalue weighted by molar-refractivity contribution is -0.137. The molecule has 19 heavy (non-hydrogen) atoms. The lowest BCUT2D eigenvalue weighted by Crippen LogP contribution is -2.08. The van der Waals surface area contributed by atoms with Gasteiger partial charge in [-0.25, -0.2) is 0 Å². The molecule has 1 atom stereocenters. The molecule has 1 aromatic heterocycles. The van der Waals surface area contributed by atoms with Crippen LogP contribution < -0.4 is 4.74 Å². The van der Waals surface area contributed by atoms with Crippen molar-refractivity contribution in [3.8, 4) is 5.75 Å². The van der Waals surface area contributed by atoms with Gasteiger partial charge in [0.25, 0.3) is 0 Å². The summed E-state index contributed by atoms with van der Waals surface area (Å²) < 4.78 is 10.4. The normalized spacial score (nSPS) is 12.1. The fraction of sp³-hybridized carbons (Fsp3) is 0.308. The van der Waals surface area contributed by atoms with Gasteiger partial charge < -0.3 is 14.3 Å². The number of nitrogens with zero attached hydrogens (tertiary/aromatic N) is 2. The third-order valence-corrected chi connectivity index (χ3v) is 2.74. The number of aromatic nitrogens is 2. The molecule has 0 saturated carbocycles. The molecule has 0 amide bonds. The van der Waals surface area contributed by atoms with E-state index < -0.39 is 11.9 Å². The first-order valence-electron chi connectivity index (χ1n) is 5.76. The lowest BCUT2D eigenvalue weighted by Gasteiger charge is -2.11. The van der Waals surface area contributed by atoms with Gasteiger partial charge in [0, 0.05) is 6.92 Å². The largest absolute Gasteiger partial charge is 0.497 e. The number of aliphatic carboxylic acids is 1. The second-order valence-corrected chi connectivity index (χ2v) is 4.08. The first-order valence-corrected chi connectivity index (χ1v) is 5.76. The third-order valence-electron chi connectivity index (χ3n) is 2.74. The summed E-state index contributed by atoms with van der Waals surface area (Å²) in [5, 5.41) is 16.6. The molecule has 1 aromatic carbocycles. The molecule has 1 heterocycles. The Labute approximate surface area is 110 Å². The van der Waals surface area contributed by atoms with Crippen LogP contribution in [0.4, 0.5) is 0 Å². The topological polar surface area (TPSA) is 85.5 Å². The predicted molar refractivity (Wildman–Crippen MR) is 66.1 cm³/mol. The molecule has 2 rings (SSSR count). The average Bonchev–Trinajstić information content (AvgIpc) is 2.82. The molecule has 0 fully saturated rings. The zero-order chi connectivity index (χ0) is 13.8. The van der Waals surface area contributed by atoms with E-state index >= 15 is 0 Å². The SMILES string of the molecule is COc1ccc(C(CC(=O)O)c2nnc(C)o2)cc1. The van der Waals surface area contributed by atoms with Crippen LogP contribution in [-0.4, -0.2) is 28.4 Å². The van der Waals surface area contributed by atoms with Crippen molar-refractivity contribution in [2.75, 3.05) is 7.11 Å². The molecule has 0 aliphatic heterocycles. The summed E-state index contributed by atoms with van der Waals surface area (Å²) in [4.78, 5) is 11.0. The third kappa shape index (κ3) is 3.09. The quantitative estimate of drug-likeness (QED) is 0.886. The zero-order valence-corrected chi connectivity index (χ0v) is 10.7. The van der Waals surface area contributed by atoms with Crippen LogP contribution >= 0.6 is 0 Å².